The molecule has 7 atom stereocenters. The third-order valence-corrected chi connectivity index (χ3v) is 10.1. The van der Waals surface area contributed by atoms with Gasteiger partial charge in [0, 0.05) is 13.0 Å². The molecular formula is C40H72N10O11. The van der Waals surface area contributed by atoms with E-state index in [0.717, 1.165) is 57.8 Å². The van der Waals surface area contributed by atoms with Gasteiger partial charge in [-0.3, -0.25) is 39.0 Å². The number of ether oxygens (including phenoxy) is 1. The van der Waals surface area contributed by atoms with Crippen LogP contribution in [0.1, 0.15) is 125 Å². The third-order valence-electron chi connectivity index (χ3n) is 10.1. The van der Waals surface area contributed by atoms with Crippen LogP contribution in [-0.4, -0.2) is 126 Å². The number of nitrogens with two attached hydrogens (primary N) is 2. The summed E-state index contributed by atoms with van der Waals surface area (Å²) in [6.07, 6.45) is 8.39. The topological polar surface area (TPSA) is 346 Å². The van der Waals surface area contributed by atoms with Crippen LogP contribution in [0.3, 0.4) is 0 Å². The zero-order valence-electron chi connectivity index (χ0n) is 36.4. The van der Waals surface area contributed by atoms with Gasteiger partial charge < -0.3 is 63.6 Å². The SMILES string of the molecule is CC1NC(=O)C(CCC(N)=O)NC(=O)C(CO)NC(=O)C(C(C)C)NC(=O)C(C(C)C)NC(=O)C(NC(=O)CC(O)CCCCCCCCCCCCNC(=N)N)COC1=O. The Morgan fingerprint density at radius 2 is 1.23 bits per heavy atom. The van der Waals surface area contributed by atoms with E-state index < -0.39 is 115 Å². The van der Waals surface area contributed by atoms with Crippen LogP contribution in [0, 0.1) is 17.2 Å². The smallest absolute Gasteiger partial charge is 0.328 e. The summed E-state index contributed by atoms with van der Waals surface area (Å²) >= 11 is 0. The predicted octanol–water partition coefficient (Wildman–Crippen LogP) is -1.43. The second-order valence-electron chi connectivity index (χ2n) is 16.3. The molecule has 7 amide bonds. The van der Waals surface area contributed by atoms with Crippen molar-refractivity contribution in [2.45, 2.75) is 167 Å². The van der Waals surface area contributed by atoms with Crippen LogP contribution in [-0.2, 0) is 43.1 Å². The monoisotopic (exact) mass is 869 g/mol. The number of rotatable bonds is 22. The number of cyclic esters (lactones) is 1. The number of carbonyl (C=O) groups is 8. The van der Waals surface area contributed by atoms with Crippen molar-refractivity contribution in [1.82, 2.24) is 37.2 Å². The molecule has 0 aromatic carbocycles. The van der Waals surface area contributed by atoms with E-state index in [0.29, 0.717) is 19.4 Å². The lowest BCUT2D eigenvalue weighted by molar-refractivity contribution is -0.150. The van der Waals surface area contributed by atoms with Crippen LogP contribution in [0.15, 0.2) is 0 Å². The second kappa shape index (κ2) is 29.2. The Bertz CT molecular complexity index is 1460. The van der Waals surface area contributed by atoms with Crippen LogP contribution in [0.4, 0.5) is 0 Å². The molecule has 1 fully saturated rings. The van der Waals surface area contributed by atoms with Crippen LogP contribution < -0.4 is 48.7 Å². The molecule has 0 saturated carbocycles. The van der Waals surface area contributed by atoms with Gasteiger partial charge in [0.15, 0.2) is 5.96 Å². The fourth-order valence-electron chi connectivity index (χ4n) is 6.41. The predicted molar refractivity (Wildman–Crippen MR) is 225 cm³/mol. The average molecular weight is 869 g/mol. The number of hydrogen-bond donors (Lipinski definition) is 12. The summed E-state index contributed by atoms with van der Waals surface area (Å²) in [6.45, 7) is 6.78. The van der Waals surface area contributed by atoms with E-state index in [2.05, 4.69) is 37.2 Å². The summed E-state index contributed by atoms with van der Waals surface area (Å²) in [4.78, 5) is 105. The molecule has 348 valence electrons. The highest BCUT2D eigenvalue weighted by Crippen LogP contribution is 2.14. The van der Waals surface area contributed by atoms with Gasteiger partial charge in [-0.2, -0.15) is 0 Å². The van der Waals surface area contributed by atoms with Gasteiger partial charge in [-0.05, 0) is 38.0 Å². The Kier molecular flexibility index (Phi) is 25.9. The first-order valence-electron chi connectivity index (χ1n) is 21.4. The molecule has 1 aliphatic rings. The maximum Gasteiger partial charge on any atom is 0.328 e. The lowest BCUT2D eigenvalue weighted by Gasteiger charge is -2.29. The number of carbonyl (C=O) groups excluding carboxylic acids is 8. The Morgan fingerprint density at radius 3 is 1.75 bits per heavy atom. The van der Waals surface area contributed by atoms with E-state index in [1.807, 2.05) is 0 Å². The highest BCUT2D eigenvalue weighted by atomic mass is 16.5. The summed E-state index contributed by atoms with van der Waals surface area (Å²) in [5.74, 6) is -8.23. The van der Waals surface area contributed by atoms with Gasteiger partial charge in [-0.15, -0.1) is 0 Å². The van der Waals surface area contributed by atoms with E-state index in [-0.39, 0.29) is 25.2 Å². The van der Waals surface area contributed by atoms with Gasteiger partial charge in [0.25, 0.3) is 0 Å². The van der Waals surface area contributed by atoms with Gasteiger partial charge >= 0.3 is 5.97 Å². The van der Waals surface area contributed by atoms with E-state index in [1.54, 1.807) is 27.7 Å². The molecule has 61 heavy (non-hydrogen) atoms. The molecule has 21 nitrogen and oxygen atoms in total. The molecule has 1 heterocycles. The number of nitrogens with one attached hydrogen (secondary N) is 8. The molecule has 0 spiro atoms. The first-order chi connectivity index (χ1) is 28.8. The third kappa shape index (κ3) is 22.4. The molecule has 0 aliphatic carbocycles. The van der Waals surface area contributed by atoms with Crippen molar-refractivity contribution >= 4 is 53.3 Å². The minimum Gasteiger partial charge on any atom is -0.461 e. The van der Waals surface area contributed by atoms with Gasteiger partial charge in [-0.1, -0.05) is 85.5 Å². The Labute approximate surface area is 358 Å². The zero-order valence-corrected chi connectivity index (χ0v) is 36.4. The van der Waals surface area contributed by atoms with Crippen molar-refractivity contribution in [1.29, 1.82) is 5.41 Å². The van der Waals surface area contributed by atoms with Gasteiger partial charge in [0.1, 0.15) is 42.9 Å². The molecule has 1 saturated heterocycles. The Balaban J connectivity index is 3.08. The molecule has 1 aliphatic heterocycles. The molecule has 0 aromatic rings. The van der Waals surface area contributed by atoms with Crippen LogP contribution in [0.25, 0.3) is 0 Å². The lowest BCUT2D eigenvalue weighted by Crippen LogP contribution is -2.61. The van der Waals surface area contributed by atoms with E-state index in [4.69, 9.17) is 21.6 Å². The summed E-state index contributed by atoms with van der Waals surface area (Å²) in [7, 11) is 0. The van der Waals surface area contributed by atoms with Crippen LogP contribution in [0.2, 0.25) is 0 Å². The maximum atomic E-state index is 13.7. The minimum absolute atomic E-state index is 0.0121. The second-order valence-corrected chi connectivity index (χ2v) is 16.3. The van der Waals surface area contributed by atoms with Crippen LogP contribution in [0.5, 0.6) is 0 Å². The van der Waals surface area contributed by atoms with Crippen LogP contribution >= 0.6 is 0 Å². The number of primary amides is 1. The number of aliphatic hydroxyl groups excluding tert-OH is 2. The zero-order chi connectivity index (χ0) is 46.1. The lowest BCUT2D eigenvalue weighted by atomic mass is 9.99. The summed E-state index contributed by atoms with van der Waals surface area (Å²) < 4.78 is 5.33. The number of aliphatic hydroxyl groups is 2. The largest absolute Gasteiger partial charge is 0.461 e. The fraction of sp³-hybridized carbons (Fsp3) is 0.775. The maximum absolute atomic E-state index is 13.7. The highest BCUT2D eigenvalue weighted by Gasteiger charge is 2.36. The Hall–Kier alpha value is -5.05. The molecule has 0 bridgehead atoms. The van der Waals surface area contributed by atoms with Crippen molar-refractivity contribution in [3.05, 3.63) is 0 Å². The number of guanidine groups is 1. The first-order valence-corrected chi connectivity index (χ1v) is 21.4. The van der Waals surface area contributed by atoms with E-state index in [1.165, 1.54) is 6.92 Å². The molecular weight excluding hydrogens is 796 g/mol. The molecule has 7 unspecified atom stereocenters. The van der Waals surface area contributed by atoms with Crippen molar-refractivity contribution in [3.63, 3.8) is 0 Å². The number of amides is 7. The number of hydrogen-bond acceptors (Lipinski definition) is 12. The molecule has 14 N–H and O–H groups in total. The standard InChI is InChI=1S/C40H72N10O11/c1-23(2)32-37(58)48-28(21-51)35(56)47-27(17-18-30(41)53)34(55)45-25(5)39(60)61-22-29(36(57)49-33(24(3)4)38(59)50-32)46-31(54)20-26(52)16-14-12-10-8-6-7-9-11-13-15-19-44-40(42)43/h23-29,32-33,51-52H,6-22H2,1-5H3,(H2,41,53)(H,45,55)(H,46,54)(H,47,56)(H,48,58)(H,49,57)(H,50,59)(H4,42,43,44). The average Bonchev–Trinajstić information content (AvgIpc) is 3.18. The molecule has 0 radical (unpaired) electrons. The fourth-order valence-corrected chi connectivity index (χ4v) is 6.41. The van der Waals surface area contributed by atoms with Gasteiger partial charge in [0.05, 0.1) is 19.1 Å². The molecule has 0 aromatic heterocycles. The summed E-state index contributed by atoms with van der Waals surface area (Å²) in [5, 5.41) is 45.3. The summed E-state index contributed by atoms with van der Waals surface area (Å²) in [6, 6.07) is -8.55. The normalized spacial score (nSPS) is 22.9. The quantitative estimate of drug-likeness (QED) is 0.0257. The Morgan fingerprint density at radius 1 is 0.738 bits per heavy atom. The highest BCUT2D eigenvalue weighted by molar-refractivity contribution is 5.97. The number of unbranched alkanes of at least 4 members (excludes halogenated alkanes) is 9. The molecule has 1 rings (SSSR count). The first kappa shape index (κ1) is 54.0. The van der Waals surface area contributed by atoms with Crippen molar-refractivity contribution < 1.29 is 53.3 Å². The summed E-state index contributed by atoms with van der Waals surface area (Å²) in [5.41, 5.74) is 10.5. The van der Waals surface area contributed by atoms with Crippen molar-refractivity contribution in [3.8, 4) is 0 Å². The van der Waals surface area contributed by atoms with E-state index in [9.17, 15) is 48.6 Å². The van der Waals surface area contributed by atoms with Crippen molar-refractivity contribution in [2.75, 3.05) is 19.8 Å². The van der Waals surface area contributed by atoms with Crippen molar-refractivity contribution in [2.24, 2.45) is 23.3 Å². The van der Waals surface area contributed by atoms with Gasteiger partial charge in [0.2, 0.25) is 41.4 Å². The van der Waals surface area contributed by atoms with E-state index >= 15 is 0 Å². The molecule has 21 heteroatoms. The number of esters is 1. The van der Waals surface area contributed by atoms with Gasteiger partial charge in [-0.25, -0.2) is 4.79 Å². The minimum atomic E-state index is -1.60.